The molecule has 0 atom stereocenters. The van der Waals surface area contributed by atoms with Crippen LogP contribution in [0.2, 0.25) is 0 Å². The van der Waals surface area contributed by atoms with Crippen LogP contribution in [-0.2, 0) is 15.7 Å². The van der Waals surface area contributed by atoms with E-state index in [4.69, 9.17) is 0 Å². The van der Waals surface area contributed by atoms with Gasteiger partial charge in [0, 0.05) is 12.6 Å². The number of carbonyl (C=O) groups excluding carboxylic acids is 1. The number of nitrogens with zero attached hydrogens (tertiary/aromatic N) is 2. The normalized spacial score (nSPS) is 11.1. The highest BCUT2D eigenvalue weighted by Gasteiger charge is 2.35. The molecule has 0 radical (unpaired) electrons. The van der Waals surface area contributed by atoms with Gasteiger partial charge in [-0.3, -0.25) is 4.79 Å². The van der Waals surface area contributed by atoms with E-state index in [1.165, 1.54) is 6.07 Å². The highest BCUT2D eigenvalue weighted by molar-refractivity contribution is 5.74. The molecule has 21 heavy (non-hydrogen) atoms. The number of alkyl halides is 3. The second-order valence-corrected chi connectivity index (χ2v) is 4.05. The fourth-order valence-corrected chi connectivity index (χ4v) is 1.38. The molecule has 0 saturated carbocycles. The van der Waals surface area contributed by atoms with Crippen LogP contribution in [-0.4, -0.2) is 35.6 Å². The highest BCUT2D eigenvalue weighted by Crippen LogP contribution is 2.28. The lowest BCUT2D eigenvalue weighted by atomic mass is 10.4. The largest absolute Gasteiger partial charge is 0.465 e. The summed E-state index contributed by atoms with van der Waals surface area (Å²) in [7, 11) is 0. The van der Waals surface area contributed by atoms with Crippen molar-refractivity contribution in [2.24, 2.45) is 0 Å². The maximum Gasteiger partial charge on any atom is 0.451 e. The molecule has 118 valence electrons. The van der Waals surface area contributed by atoms with Crippen LogP contribution in [0, 0.1) is 0 Å². The maximum atomic E-state index is 12.7. The molecule has 1 aromatic heterocycles. The van der Waals surface area contributed by atoms with E-state index >= 15 is 0 Å². The number of anilines is 2. The molecule has 0 aliphatic carbocycles. The lowest BCUT2D eigenvalue weighted by molar-refractivity contribution is -0.144. The van der Waals surface area contributed by atoms with Crippen LogP contribution in [0.3, 0.4) is 0 Å². The van der Waals surface area contributed by atoms with Gasteiger partial charge in [0.2, 0.25) is 5.82 Å². The first-order chi connectivity index (χ1) is 9.86. The summed E-state index contributed by atoms with van der Waals surface area (Å²) in [5.74, 6) is -1.89. The maximum absolute atomic E-state index is 12.7. The Balaban J connectivity index is 2.88. The van der Waals surface area contributed by atoms with Gasteiger partial charge < -0.3 is 15.4 Å². The van der Waals surface area contributed by atoms with E-state index in [1.807, 2.05) is 6.92 Å². The van der Waals surface area contributed by atoms with Gasteiger partial charge in [0.15, 0.2) is 0 Å². The van der Waals surface area contributed by atoms with Crippen molar-refractivity contribution in [1.82, 2.24) is 9.97 Å². The summed E-state index contributed by atoms with van der Waals surface area (Å²) in [5.41, 5.74) is 0. The molecule has 0 amide bonds. The average molecular weight is 306 g/mol. The van der Waals surface area contributed by atoms with E-state index in [-0.39, 0.29) is 24.8 Å². The molecule has 9 heteroatoms. The Kier molecular flexibility index (Phi) is 6.19. The SMILES string of the molecule is CCCNc1cc(NCC(=O)OCC)nc(C(F)(F)F)n1. The number of nitrogens with one attached hydrogen (secondary N) is 2. The average Bonchev–Trinajstić information content (AvgIpc) is 2.42. The third-order valence-electron chi connectivity index (χ3n) is 2.25. The molecule has 0 aromatic carbocycles. The molecule has 1 aromatic rings. The second-order valence-electron chi connectivity index (χ2n) is 4.05. The first-order valence-corrected chi connectivity index (χ1v) is 6.46. The van der Waals surface area contributed by atoms with Gasteiger partial charge in [-0.15, -0.1) is 0 Å². The Morgan fingerprint density at radius 1 is 1.24 bits per heavy atom. The topological polar surface area (TPSA) is 76.1 Å². The molecule has 0 aliphatic rings. The van der Waals surface area contributed by atoms with Crippen LogP contribution >= 0.6 is 0 Å². The summed E-state index contributed by atoms with van der Waals surface area (Å²) in [5, 5.41) is 5.25. The third-order valence-corrected chi connectivity index (χ3v) is 2.25. The minimum absolute atomic E-state index is 0.0468. The summed E-state index contributed by atoms with van der Waals surface area (Å²) < 4.78 is 42.8. The van der Waals surface area contributed by atoms with Crippen molar-refractivity contribution in [2.75, 3.05) is 30.3 Å². The van der Waals surface area contributed by atoms with Gasteiger partial charge in [0.25, 0.3) is 0 Å². The van der Waals surface area contributed by atoms with E-state index in [1.54, 1.807) is 6.92 Å². The Hall–Kier alpha value is -2.06. The van der Waals surface area contributed by atoms with Gasteiger partial charge in [-0.2, -0.15) is 13.2 Å². The number of carbonyl (C=O) groups is 1. The van der Waals surface area contributed by atoms with E-state index in [9.17, 15) is 18.0 Å². The number of esters is 1. The van der Waals surface area contributed by atoms with Crippen molar-refractivity contribution >= 4 is 17.6 Å². The molecule has 0 aliphatic heterocycles. The first kappa shape index (κ1) is 17.0. The van der Waals surface area contributed by atoms with E-state index in [0.29, 0.717) is 6.54 Å². The van der Waals surface area contributed by atoms with Gasteiger partial charge >= 0.3 is 12.1 Å². The minimum atomic E-state index is -4.66. The van der Waals surface area contributed by atoms with Gasteiger partial charge in [-0.1, -0.05) is 6.92 Å². The number of aromatic nitrogens is 2. The van der Waals surface area contributed by atoms with Crippen molar-refractivity contribution in [3.63, 3.8) is 0 Å². The third kappa shape index (κ3) is 5.84. The molecule has 0 fully saturated rings. The Morgan fingerprint density at radius 3 is 2.38 bits per heavy atom. The van der Waals surface area contributed by atoms with Gasteiger partial charge in [0.05, 0.1) is 6.61 Å². The number of rotatable bonds is 7. The molecule has 1 heterocycles. The Morgan fingerprint density at radius 2 is 1.86 bits per heavy atom. The van der Waals surface area contributed by atoms with E-state index in [0.717, 1.165) is 6.42 Å². The van der Waals surface area contributed by atoms with E-state index in [2.05, 4.69) is 25.3 Å². The molecular formula is C12H17F3N4O2. The molecule has 0 unspecified atom stereocenters. The molecule has 2 N–H and O–H groups in total. The molecular weight excluding hydrogens is 289 g/mol. The van der Waals surface area contributed by atoms with Crippen LogP contribution in [0.25, 0.3) is 0 Å². The van der Waals surface area contributed by atoms with Gasteiger partial charge in [-0.25, -0.2) is 9.97 Å². The predicted octanol–water partition coefficient (Wildman–Crippen LogP) is 2.29. The van der Waals surface area contributed by atoms with Crippen LogP contribution < -0.4 is 10.6 Å². The van der Waals surface area contributed by atoms with Crippen molar-refractivity contribution in [3.05, 3.63) is 11.9 Å². The summed E-state index contributed by atoms with van der Waals surface area (Å²) in [4.78, 5) is 17.9. The Labute approximate surface area is 120 Å². The second kappa shape index (κ2) is 7.65. The smallest absolute Gasteiger partial charge is 0.451 e. The lowest BCUT2D eigenvalue weighted by Crippen LogP contribution is -2.20. The van der Waals surface area contributed by atoms with E-state index < -0.39 is 18.0 Å². The van der Waals surface area contributed by atoms with Crippen LogP contribution in [0.15, 0.2) is 6.07 Å². The zero-order valence-corrected chi connectivity index (χ0v) is 11.8. The zero-order valence-electron chi connectivity index (χ0n) is 11.8. The van der Waals surface area contributed by atoms with Crippen LogP contribution in [0.1, 0.15) is 26.1 Å². The fourth-order valence-electron chi connectivity index (χ4n) is 1.38. The summed E-state index contributed by atoms with van der Waals surface area (Å²) in [6.45, 7) is 3.91. The van der Waals surface area contributed by atoms with Crippen molar-refractivity contribution < 1.29 is 22.7 Å². The van der Waals surface area contributed by atoms with Gasteiger partial charge in [0.1, 0.15) is 18.2 Å². The molecule has 0 saturated heterocycles. The molecule has 0 bridgehead atoms. The minimum Gasteiger partial charge on any atom is -0.465 e. The van der Waals surface area contributed by atoms with Crippen molar-refractivity contribution in [2.45, 2.75) is 26.4 Å². The number of ether oxygens (including phenoxy) is 1. The number of halogens is 3. The fraction of sp³-hybridized carbons (Fsp3) is 0.583. The summed E-state index contributed by atoms with van der Waals surface area (Å²) >= 11 is 0. The van der Waals surface area contributed by atoms with Gasteiger partial charge in [-0.05, 0) is 13.3 Å². The lowest BCUT2D eigenvalue weighted by Gasteiger charge is -2.12. The standard InChI is InChI=1S/C12H17F3N4O2/c1-3-5-16-8-6-9(17-7-10(20)21-4-2)19-11(18-8)12(13,14)15/h6H,3-5,7H2,1-2H3,(H2,16,17,18,19). The number of hydrogen-bond acceptors (Lipinski definition) is 6. The molecule has 0 spiro atoms. The quantitative estimate of drug-likeness (QED) is 0.753. The molecule has 6 nitrogen and oxygen atoms in total. The van der Waals surface area contributed by atoms with Crippen molar-refractivity contribution in [3.8, 4) is 0 Å². The van der Waals surface area contributed by atoms with Crippen molar-refractivity contribution in [1.29, 1.82) is 0 Å². The monoisotopic (exact) mass is 306 g/mol. The molecule has 1 rings (SSSR count). The summed E-state index contributed by atoms with van der Waals surface area (Å²) in [6, 6.07) is 1.31. The summed E-state index contributed by atoms with van der Waals surface area (Å²) in [6.07, 6.45) is -3.93. The van der Waals surface area contributed by atoms with Crippen LogP contribution in [0.4, 0.5) is 24.8 Å². The predicted molar refractivity (Wildman–Crippen MR) is 70.9 cm³/mol. The Bertz CT molecular complexity index is 480. The number of hydrogen-bond donors (Lipinski definition) is 2. The first-order valence-electron chi connectivity index (χ1n) is 6.46. The zero-order chi connectivity index (χ0) is 15.9. The van der Waals surface area contributed by atoms with Crippen LogP contribution in [0.5, 0.6) is 0 Å². The highest BCUT2D eigenvalue weighted by atomic mass is 19.4.